The summed E-state index contributed by atoms with van der Waals surface area (Å²) in [5, 5.41) is 0. The Labute approximate surface area is 222 Å². The van der Waals surface area contributed by atoms with Crippen LogP contribution in [0, 0.1) is 6.92 Å². The fourth-order valence-corrected chi connectivity index (χ4v) is 4.47. The number of ketones is 1. The van der Waals surface area contributed by atoms with Gasteiger partial charge in [-0.3, -0.25) is 4.79 Å². The van der Waals surface area contributed by atoms with Gasteiger partial charge in [-0.2, -0.15) is 26.3 Å². The average molecular weight is 566 g/mol. The summed E-state index contributed by atoms with van der Waals surface area (Å²) in [5.74, 6) is -0.553. The van der Waals surface area contributed by atoms with Crippen molar-refractivity contribution in [2.24, 2.45) is 0 Å². The van der Waals surface area contributed by atoms with Gasteiger partial charge in [-0.1, -0.05) is 42.0 Å². The molecule has 1 N–H and O–H groups in total. The van der Waals surface area contributed by atoms with Crippen molar-refractivity contribution in [2.45, 2.75) is 82.4 Å². The number of hydrogen-bond acceptors (Lipinski definition) is 4. The van der Waals surface area contributed by atoms with Crippen LogP contribution in [-0.2, 0) is 16.9 Å². The normalized spacial score (nSPS) is 15.1. The van der Waals surface area contributed by atoms with Crippen LogP contribution in [0.25, 0.3) is 0 Å². The predicted molar refractivity (Wildman–Crippen MR) is 135 cm³/mol. The zero-order chi connectivity index (χ0) is 28.8. The van der Waals surface area contributed by atoms with Gasteiger partial charge in [-0.05, 0) is 64.7 Å². The van der Waals surface area contributed by atoms with E-state index in [0.29, 0.717) is 12.8 Å². The monoisotopic (exact) mass is 565 g/mol. The highest BCUT2D eigenvalue weighted by Gasteiger charge is 2.60. The summed E-state index contributed by atoms with van der Waals surface area (Å²) in [6.45, 7) is 6.44. The second-order valence-corrected chi connectivity index (χ2v) is 12.1. The Morgan fingerprint density at radius 2 is 1.47 bits per heavy atom. The third kappa shape index (κ3) is 9.20. The highest BCUT2D eigenvalue weighted by atomic mass is 32.2. The first kappa shape index (κ1) is 32.0. The Hall–Kier alpha value is -2.24. The number of hydrogen-bond donors (Lipinski definition) is 1. The van der Waals surface area contributed by atoms with E-state index >= 15 is 0 Å². The molecule has 2 aromatic carbocycles. The number of aryl methyl sites for hydroxylation is 1. The highest BCUT2D eigenvalue weighted by molar-refractivity contribution is 7.90. The van der Waals surface area contributed by atoms with E-state index in [0.717, 1.165) is 17.7 Å². The van der Waals surface area contributed by atoms with Crippen LogP contribution in [0.5, 0.6) is 5.75 Å². The molecule has 2 rings (SSSR count). The zero-order valence-corrected chi connectivity index (χ0v) is 22.6. The lowest BCUT2D eigenvalue weighted by Gasteiger charge is -2.38. The Balaban J connectivity index is 2.30. The molecule has 0 aliphatic carbocycles. The lowest BCUT2D eigenvalue weighted by Crippen LogP contribution is -2.59. The molecule has 0 saturated carbocycles. The second kappa shape index (κ2) is 12.7. The number of alkyl halides is 6. The summed E-state index contributed by atoms with van der Waals surface area (Å²) in [4.78, 5) is 13.0. The molecular formula is C27H33F6NO3S. The first-order valence-electron chi connectivity index (χ1n) is 12.1. The summed E-state index contributed by atoms with van der Waals surface area (Å²) in [6.07, 6.45) is -10.5. The van der Waals surface area contributed by atoms with Crippen molar-refractivity contribution in [2.75, 3.05) is 6.61 Å². The number of benzene rings is 2. The van der Waals surface area contributed by atoms with E-state index in [1.165, 1.54) is 45.0 Å². The van der Waals surface area contributed by atoms with E-state index in [4.69, 9.17) is 4.74 Å². The summed E-state index contributed by atoms with van der Waals surface area (Å²) in [6, 6.07) is 11.0. The molecule has 2 aromatic rings. The van der Waals surface area contributed by atoms with Crippen LogP contribution in [0.1, 0.15) is 74.4 Å². The number of unbranched alkanes of at least 4 members (excludes halogenated alkanes) is 2. The van der Waals surface area contributed by atoms with Gasteiger partial charge < -0.3 is 9.29 Å². The molecule has 4 nitrogen and oxygen atoms in total. The maximum atomic E-state index is 14.8. The van der Waals surface area contributed by atoms with E-state index in [1.54, 1.807) is 19.1 Å². The summed E-state index contributed by atoms with van der Waals surface area (Å²) in [7, 11) is 0. The molecule has 0 aliphatic rings. The van der Waals surface area contributed by atoms with Gasteiger partial charge in [0.25, 0.3) is 0 Å². The van der Waals surface area contributed by atoms with Crippen molar-refractivity contribution in [3.05, 3.63) is 65.2 Å². The number of rotatable bonds is 12. The minimum atomic E-state index is -5.00. The fourth-order valence-electron chi connectivity index (χ4n) is 3.54. The molecule has 2 atom stereocenters. The number of nitrogens with one attached hydrogen (secondary N) is 1. The van der Waals surface area contributed by atoms with E-state index in [2.05, 4.69) is 4.72 Å². The molecule has 0 fully saturated rings. The third-order valence-corrected chi connectivity index (χ3v) is 7.47. The van der Waals surface area contributed by atoms with Crippen LogP contribution in [0.2, 0.25) is 0 Å². The maximum absolute atomic E-state index is 14.8. The summed E-state index contributed by atoms with van der Waals surface area (Å²) in [5.41, 5.74) is -2.34. The van der Waals surface area contributed by atoms with Crippen molar-refractivity contribution in [1.29, 1.82) is 0 Å². The molecule has 38 heavy (non-hydrogen) atoms. The molecule has 0 spiro atoms. The standard InChI is InChI=1S/C27H33F6NO3S/c1-19-8-10-20(11-9-19)23(35)18-25(27(31,32)33,34-38(36)24(2,3)4)21-12-14-22(15-13-21)37-17-7-5-6-16-26(28,29)30/h8-15,34H,5-7,16-18H2,1-4H3/t25-,38-/m0/s1. The van der Waals surface area contributed by atoms with E-state index < -0.39 is 52.6 Å². The van der Waals surface area contributed by atoms with Crippen LogP contribution < -0.4 is 9.46 Å². The minimum Gasteiger partial charge on any atom is -0.598 e. The van der Waals surface area contributed by atoms with Gasteiger partial charge in [0.2, 0.25) is 0 Å². The molecule has 0 unspecified atom stereocenters. The van der Waals surface area contributed by atoms with Crippen molar-refractivity contribution >= 4 is 17.1 Å². The van der Waals surface area contributed by atoms with Crippen molar-refractivity contribution in [3.63, 3.8) is 0 Å². The van der Waals surface area contributed by atoms with Gasteiger partial charge in [0, 0.05) is 29.8 Å². The molecule has 0 aliphatic heterocycles. The number of Topliss-reactive ketones (excluding diaryl/α,β-unsaturated/α-hetero) is 1. The van der Waals surface area contributed by atoms with Gasteiger partial charge in [0.1, 0.15) is 10.5 Å². The quantitative estimate of drug-likeness (QED) is 0.125. The molecule has 0 bridgehead atoms. The molecular weight excluding hydrogens is 532 g/mol. The largest absolute Gasteiger partial charge is 0.598 e. The molecule has 0 amide bonds. The van der Waals surface area contributed by atoms with Crippen molar-refractivity contribution in [3.8, 4) is 5.75 Å². The topological polar surface area (TPSA) is 61.4 Å². The Morgan fingerprint density at radius 3 is 1.97 bits per heavy atom. The van der Waals surface area contributed by atoms with Crippen LogP contribution in [-0.4, -0.2) is 34.0 Å². The minimum absolute atomic E-state index is 0.0362. The van der Waals surface area contributed by atoms with Gasteiger partial charge in [0.15, 0.2) is 11.3 Å². The SMILES string of the molecule is Cc1ccc(C(=O)C[C@](N[S@@+]([O-])C(C)(C)C)(c2ccc(OCCCCCC(F)(F)F)cc2)C(F)(F)F)cc1. The molecule has 0 radical (unpaired) electrons. The summed E-state index contributed by atoms with van der Waals surface area (Å²) >= 11 is -2.18. The lowest BCUT2D eigenvalue weighted by atomic mass is 9.83. The Kier molecular flexibility index (Phi) is 10.7. The zero-order valence-electron chi connectivity index (χ0n) is 21.8. The predicted octanol–water partition coefficient (Wildman–Crippen LogP) is 7.58. The number of halogens is 6. The van der Waals surface area contributed by atoms with E-state index in [9.17, 15) is 35.7 Å². The van der Waals surface area contributed by atoms with Crippen LogP contribution >= 0.6 is 0 Å². The Morgan fingerprint density at radius 1 is 0.895 bits per heavy atom. The van der Waals surface area contributed by atoms with Crippen LogP contribution in [0.4, 0.5) is 26.3 Å². The third-order valence-electron chi connectivity index (χ3n) is 5.83. The molecule has 0 heterocycles. The van der Waals surface area contributed by atoms with E-state index in [1.807, 2.05) is 0 Å². The average Bonchev–Trinajstić information content (AvgIpc) is 2.79. The van der Waals surface area contributed by atoms with Gasteiger partial charge in [-0.25, -0.2) is 0 Å². The maximum Gasteiger partial charge on any atom is 0.415 e. The first-order valence-corrected chi connectivity index (χ1v) is 13.3. The van der Waals surface area contributed by atoms with Crippen LogP contribution in [0.15, 0.2) is 48.5 Å². The molecule has 0 saturated heterocycles. The number of carbonyl (C=O) groups is 1. The first-order chi connectivity index (χ1) is 17.4. The Bertz CT molecular complexity index is 1030. The summed E-state index contributed by atoms with van der Waals surface area (Å²) < 4.78 is 101. The van der Waals surface area contributed by atoms with Gasteiger partial charge in [0.05, 0.1) is 6.61 Å². The van der Waals surface area contributed by atoms with Crippen molar-refractivity contribution in [1.82, 2.24) is 4.72 Å². The fraction of sp³-hybridized carbons (Fsp3) is 0.519. The van der Waals surface area contributed by atoms with Crippen LogP contribution in [0.3, 0.4) is 0 Å². The smallest absolute Gasteiger partial charge is 0.415 e. The van der Waals surface area contributed by atoms with Gasteiger partial charge in [-0.15, -0.1) is 4.72 Å². The highest BCUT2D eigenvalue weighted by Crippen LogP contribution is 2.44. The molecule has 0 aromatic heterocycles. The lowest BCUT2D eigenvalue weighted by molar-refractivity contribution is -0.194. The molecule has 11 heteroatoms. The van der Waals surface area contributed by atoms with Gasteiger partial charge >= 0.3 is 12.4 Å². The molecule has 212 valence electrons. The van der Waals surface area contributed by atoms with E-state index in [-0.39, 0.29) is 29.9 Å². The number of ether oxygens (including phenoxy) is 1. The second-order valence-electron chi connectivity index (χ2n) is 10.2. The van der Waals surface area contributed by atoms with Crippen molar-refractivity contribution < 1.29 is 40.4 Å². The number of carbonyl (C=O) groups excluding carboxylic acids is 1.